The molecule has 0 aliphatic carbocycles. The van der Waals surface area contributed by atoms with Crippen molar-refractivity contribution in [2.45, 2.75) is 6.18 Å². The first-order valence-electron chi connectivity index (χ1n) is 5.76. The van der Waals surface area contributed by atoms with Crippen LogP contribution in [-0.4, -0.2) is 22.8 Å². The lowest BCUT2D eigenvalue weighted by Crippen LogP contribution is -2.16. The molecule has 0 unspecified atom stereocenters. The zero-order chi connectivity index (χ0) is 15.6. The zero-order valence-electron chi connectivity index (χ0n) is 10.7. The molecule has 0 fully saturated rings. The summed E-state index contributed by atoms with van der Waals surface area (Å²) < 4.78 is 38.3. The summed E-state index contributed by atoms with van der Waals surface area (Å²) in [7, 11) is 1.40. The molecule has 2 aromatic rings. The fourth-order valence-corrected chi connectivity index (χ4v) is 1.81. The van der Waals surface area contributed by atoms with Gasteiger partial charge >= 0.3 is 6.18 Å². The fraction of sp³-hybridized carbons (Fsp3) is 0.154. The van der Waals surface area contributed by atoms with E-state index in [2.05, 4.69) is 15.3 Å². The largest absolute Gasteiger partial charge is 0.433 e. The SMILES string of the molecule is CNc1cc(C(F)(F)F)nc(C(=O)c2ccccc2Cl)n1. The summed E-state index contributed by atoms with van der Waals surface area (Å²) in [5, 5.41) is 2.58. The summed E-state index contributed by atoms with van der Waals surface area (Å²) in [6.07, 6.45) is -4.68. The van der Waals surface area contributed by atoms with E-state index in [0.29, 0.717) is 0 Å². The number of ketones is 1. The maximum Gasteiger partial charge on any atom is 0.433 e. The molecule has 1 N–H and O–H groups in total. The maximum absolute atomic E-state index is 12.8. The van der Waals surface area contributed by atoms with Crippen LogP contribution in [0.5, 0.6) is 0 Å². The topological polar surface area (TPSA) is 54.9 Å². The molecule has 0 radical (unpaired) electrons. The van der Waals surface area contributed by atoms with Crippen molar-refractivity contribution in [1.82, 2.24) is 9.97 Å². The predicted molar refractivity (Wildman–Crippen MR) is 71.5 cm³/mol. The molecule has 0 saturated carbocycles. The quantitative estimate of drug-likeness (QED) is 0.882. The minimum absolute atomic E-state index is 0.0422. The standard InChI is InChI=1S/C13H9ClF3N3O/c1-18-10-6-9(13(15,16)17)19-12(20-10)11(21)7-4-2-3-5-8(7)14/h2-6H,1H3,(H,18,19,20). The highest BCUT2D eigenvalue weighted by molar-refractivity contribution is 6.34. The van der Waals surface area contributed by atoms with Crippen molar-refractivity contribution in [1.29, 1.82) is 0 Å². The Kier molecular flexibility index (Phi) is 4.13. The first-order chi connectivity index (χ1) is 9.82. The summed E-state index contributed by atoms with van der Waals surface area (Å²) in [4.78, 5) is 19.2. The van der Waals surface area contributed by atoms with Crippen molar-refractivity contribution in [2.24, 2.45) is 0 Å². The van der Waals surface area contributed by atoms with Gasteiger partial charge in [0.1, 0.15) is 5.82 Å². The second-order valence-corrected chi connectivity index (χ2v) is 4.43. The highest BCUT2D eigenvalue weighted by Gasteiger charge is 2.34. The molecule has 4 nitrogen and oxygen atoms in total. The van der Waals surface area contributed by atoms with Gasteiger partial charge in [0.2, 0.25) is 11.6 Å². The number of carbonyl (C=O) groups is 1. The highest BCUT2D eigenvalue weighted by atomic mass is 35.5. The number of benzene rings is 1. The number of anilines is 1. The summed E-state index contributed by atoms with van der Waals surface area (Å²) in [5.74, 6) is -1.45. The lowest BCUT2D eigenvalue weighted by molar-refractivity contribution is -0.141. The van der Waals surface area contributed by atoms with Gasteiger partial charge in [-0.1, -0.05) is 23.7 Å². The molecule has 0 aliphatic heterocycles. The number of rotatable bonds is 3. The summed E-state index contributed by atoms with van der Waals surface area (Å²) in [5.41, 5.74) is -1.15. The minimum atomic E-state index is -4.68. The van der Waals surface area contributed by atoms with Gasteiger partial charge < -0.3 is 5.32 Å². The van der Waals surface area contributed by atoms with Crippen LogP contribution < -0.4 is 5.32 Å². The Morgan fingerprint density at radius 3 is 2.48 bits per heavy atom. The van der Waals surface area contributed by atoms with Crippen molar-refractivity contribution in [3.05, 3.63) is 52.4 Å². The maximum atomic E-state index is 12.8. The van der Waals surface area contributed by atoms with Crippen molar-refractivity contribution < 1.29 is 18.0 Å². The number of alkyl halides is 3. The number of hydrogen-bond acceptors (Lipinski definition) is 4. The van der Waals surface area contributed by atoms with Crippen molar-refractivity contribution in [3.8, 4) is 0 Å². The molecule has 0 aliphatic rings. The van der Waals surface area contributed by atoms with E-state index < -0.39 is 23.5 Å². The number of halogens is 4. The van der Waals surface area contributed by atoms with E-state index in [1.165, 1.54) is 19.2 Å². The van der Waals surface area contributed by atoms with Crippen LogP contribution in [0.4, 0.5) is 19.0 Å². The monoisotopic (exact) mass is 315 g/mol. The van der Waals surface area contributed by atoms with Gasteiger partial charge in [0.25, 0.3) is 0 Å². The number of nitrogens with one attached hydrogen (secondary N) is 1. The molecule has 0 atom stereocenters. The van der Waals surface area contributed by atoms with Crippen molar-refractivity contribution in [3.63, 3.8) is 0 Å². The predicted octanol–water partition coefficient (Wildman–Crippen LogP) is 3.42. The van der Waals surface area contributed by atoms with Crippen LogP contribution in [0.25, 0.3) is 0 Å². The van der Waals surface area contributed by atoms with Crippen LogP contribution in [0.15, 0.2) is 30.3 Å². The van der Waals surface area contributed by atoms with E-state index in [1.807, 2.05) is 0 Å². The molecule has 1 aromatic carbocycles. The average molecular weight is 316 g/mol. The van der Waals surface area contributed by atoms with E-state index >= 15 is 0 Å². The Morgan fingerprint density at radius 2 is 1.90 bits per heavy atom. The highest BCUT2D eigenvalue weighted by Crippen LogP contribution is 2.29. The third-order valence-electron chi connectivity index (χ3n) is 2.59. The molecular weight excluding hydrogens is 307 g/mol. The second kappa shape index (κ2) is 5.69. The third-order valence-corrected chi connectivity index (χ3v) is 2.92. The fourth-order valence-electron chi connectivity index (χ4n) is 1.59. The van der Waals surface area contributed by atoms with Gasteiger partial charge in [-0.25, -0.2) is 9.97 Å². The van der Waals surface area contributed by atoms with Gasteiger partial charge in [0.15, 0.2) is 5.69 Å². The lowest BCUT2D eigenvalue weighted by Gasteiger charge is -2.10. The lowest BCUT2D eigenvalue weighted by atomic mass is 10.1. The van der Waals surface area contributed by atoms with Crippen LogP contribution in [0.2, 0.25) is 5.02 Å². The van der Waals surface area contributed by atoms with Gasteiger partial charge in [-0.3, -0.25) is 4.79 Å². The molecule has 2 rings (SSSR count). The van der Waals surface area contributed by atoms with Crippen LogP contribution in [0, 0.1) is 0 Å². The molecule has 1 heterocycles. The molecular formula is C13H9ClF3N3O. The third kappa shape index (κ3) is 3.30. The summed E-state index contributed by atoms with van der Waals surface area (Å²) in [6.45, 7) is 0. The first-order valence-corrected chi connectivity index (χ1v) is 6.14. The number of carbonyl (C=O) groups excluding carboxylic acids is 1. The Morgan fingerprint density at radius 1 is 1.24 bits per heavy atom. The molecule has 0 amide bonds. The van der Waals surface area contributed by atoms with Crippen LogP contribution >= 0.6 is 11.6 Å². The molecule has 0 spiro atoms. The summed E-state index contributed by atoms with van der Waals surface area (Å²) in [6, 6.07) is 6.73. The Bertz CT molecular complexity index is 689. The van der Waals surface area contributed by atoms with E-state index in [0.717, 1.165) is 6.07 Å². The average Bonchev–Trinajstić information content (AvgIpc) is 2.45. The first kappa shape index (κ1) is 15.2. The smallest absolute Gasteiger partial charge is 0.373 e. The van der Waals surface area contributed by atoms with Crippen molar-refractivity contribution in [2.75, 3.05) is 12.4 Å². The molecule has 0 bridgehead atoms. The molecule has 0 saturated heterocycles. The van der Waals surface area contributed by atoms with Crippen molar-refractivity contribution >= 4 is 23.2 Å². The van der Waals surface area contributed by atoms with Crippen LogP contribution in [-0.2, 0) is 6.18 Å². The van der Waals surface area contributed by atoms with Gasteiger partial charge in [-0.2, -0.15) is 13.2 Å². The Balaban J connectivity index is 2.53. The van der Waals surface area contributed by atoms with E-state index in [1.54, 1.807) is 12.1 Å². The second-order valence-electron chi connectivity index (χ2n) is 4.02. The van der Waals surface area contributed by atoms with Gasteiger partial charge in [-0.15, -0.1) is 0 Å². The van der Waals surface area contributed by atoms with E-state index in [9.17, 15) is 18.0 Å². The van der Waals surface area contributed by atoms with Gasteiger partial charge in [0.05, 0.1) is 5.02 Å². The number of nitrogens with zero attached hydrogens (tertiary/aromatic N) is 2. The molecule has 21 heavy (non-hydrogen) atoms. The Hall–Kier alpha value is -2.15. The van der Waals surface area contributed by atoms with Crippen LogP contribution in [0.3, 0.4) is 0 Å². The minimum Gasteiger partial charge on any atom is -0.373 e. The molecule has 1 aromatic heterocycles. The van der Waals surface area contributed by atoms with Gasteiger partial charge in [-0.05, 0) is 12.1 Å². The Labute approximate surface area is 123 Å². The summed E-state index contributed by atoms with van der Waals surface area (Å²) >= 11 is 5.86. The van der Waals surface area contributed by atoms with E-state index in [4.69, 9.17) is 11.6 Å². The zero-order valence-corrected chi connectivity index (χ0v) is 11.5. The normalized spacial score (nSPS) is 11.3. The van der Waals surface area contributed by atoms with Crippen LogP contribution in [0.1, 0.15) is 21.9 Å². The number of aromatic nitrogens is 2. The van der Waals surface area contributed by atoms with E-state index in [-0.39, 0.29) is 16.4 Å². The molecule has 110 valence electrons. The molecule has 8 heteroatoms. The number of hydrogen-bond donors (Lipinski definition) is 1. The van der Waals surface area contributed by atoms with Gasteiger partial charge in [0, 0.05) is 18.7 Å².